The summed E-state index contributed by atoms with van der Waals surface area (Å²) in [6.07, 6.45) is 2.78. The van der Waals surface area contributed by atoms with Crippen molar-refractivity contribution in [3.63, 3.8) is 0 Å². The van der Waals surface area contributed by atoms with Crippen LogP contribution in [0.25, 0.3) is 6.08 Å². The van der Waals surface area contributed by atoms with Gasteiger partial charge in [0.05, 0.1) is 21.3 Å². The van der Waals surface area contributed by atoms with Gasteiger partial charge in [-0.05, 0) is 31.2 Å². The molecule has 0 spiro atoms. The van der Waals surface area contributed by atoms with E-state index in [2.05, 4.69) is 5.32 Å². The van der Waals surface area contributed by atoms with E-state index in [-0.39, 0.29) is 13.1 Å². The molecule has 0 fully saturated rings. The minimum atomic E-state index is -0.900. The smallest absolute Gasteiger partial charge is 0.247 e. The predicted octanol–water partition coefficient (Wildman–Crippen LogP) is 3.49. The summed E-state index contributed by atoms with van der Waals surface area (Å²) in [6.45, 7) is 1.51. The second-order valence-electron chi connectivity index (χ2n) is 6.28. The topological polar surface area (TPSA) is 77.1 Å². The van der Waals surface area contributed by atoms with E-state index >= 15 is 0 Å². The number of carbonyl (C=O) groups is 2. The number of nitrogens with zero attached hydrogens (tertiary/aromatic N) is 1. The van der Waals surface area contributed by atoms with Crippen LogP contribution in [0.5, 0.6) is 17.2 Å². The van der Waals surface area contributed by atoms with E-state index < -0.39 is 29.1 Å². The maximum absolute atomic E-state index is 13.7. The van der Waals surface area contributed by atoms with Crippen LogP contribution in [0.2, 0.25) is 0 Å². The predicted molar refractivity (Wildman–Crippen MR) is 112 cm³/mol. The van der Waals surface area contributed by atoms with Crippen LogP contribution in [0, 0.1) is 11.6 Å². The van der Waals surface area contributed by atoms with Crippen molar-refractivity contribution in [1.82, 2.24) is 4.90 Å². The highest BCUT2D eigenvalue weighted by Gasteiger charge is 2.17. The maximum atomic E-state index is 13.7. The molecule has 2 rings (SSSR count). The van der Waals surface area contributed by atoms with Crippen molar-refractivity contribution < 1.29 is 32.6 Å². The first-order valence-electron chi connectivity index (χ1n) is 9.35. The SMILES string of the molecule is CCN(CC(=O)Nc1c(F)cccc1F)C(=O)/C=C/c1cc(OC)c(OC)cc1OC. The first-order chi connectivity index (χ1) is 14.8. The fourth-order valence-corrected chi connectivity index (χ4v) is 2.76. The fourth-order valence-electron chi connectivity index (χ4n) is 2.76. The van der Waals surface area contributed by atoms with Crippen molar-refractivity contribution in [3.05, 3.63) is 53.6 Å². The molecule has 0 aliphatic rings. The van der Waals surface area contributed by atoms with Crippen LogP contribution < -0.4 is 19.5 Å². The second-order valence-corrected chi connectivity index (χ2v) is 6.28. The first kappa shape index (κ1) is 23.7. The summed E-state index contributed by atoms with van der Waals surface area (Å²) in [5.74, 6) is -1.62. The van der Waals surface area contributed by atoms with E-state index in [1.165, 1.54) is 44.4 Å². The Kier molecular flexibility index (Phi) is 8.36. The van der Waals surface area contributed by atoms with Gasteiger partial charge < -0.3 is 24.4 Å². The third-order valence-corrected chi connectivity index (χ3v) is 4.40. The molecule has 0 saturated heterocycles. The highest BCUT2D eigenvalue weighted by Crippen LogP contribution is 2.35. The number of hydrogen-bond donors (Lipinski definition) is 1. The Labute approximate surface area is 179 Å². The maximum Gasteiger partial charge on any atom is 0.247 e. The Balaban J connectivity index is 2.14. The van der Waals surface area contributed by atoms with Gasteiger partial charge in [0.15, 0.2) is 11.5 Å². The van der Waals surface area contributed by atoms with E-state index in [0.717, 1.165) is 12.1 Å². The molecule has 0 aliphatic carbocycles. The van der Waals surface area contributed by atoms with E-state index in [0.29, 0.717) is 22.8 Å². The second kappa shape index (κ2) is 11.0. The number of halogens is 2. The van der Waals surface area contributed by atoms with Crippen molar-refractivity contribution in [2.75, 3.05) is 39.7 Å². The molecule has 1 N–H and O–H groups in total. The number of anilines is 1. The quantitative estimate of drug-likeness (QED) is 0.612. The molecule has 0 aromatic heterocycles. The summed E-state index contributed by atoms with van der Waals surface area (Å²) in [7, 11) is 4.46. The van der Waals surface area contributed by atoms with Gasteiger partial charge in [-0.2, -0.15) is 0 Å². The van der Waals surface area contributed by atoms with Crippen molar-refractivity contribution >= 4 is 23.6 Å². The van der Waals surface area contributed by atoms with Gasteiger partial charge in [0.2, 0.25) is 11.8 Å². The summed E-state index contributed by atoms with van der Waals surface area (Å²) in [6, 6.07) is 6.51. The average molecular weight is 434 g/mol. The number of para-hydroxylation sites is 1. The van der Waals surface area contributed by atoms with Gasteiger partial charge in [0.1, 0.15) is 29.6 Å². The Morgan fingerprint density at radius 3 is 2.13 bits per heavy atom. The lowest BCUT2D eigenvalue weighted by molar-refractivity contribution is -0.130. The van der Waals surface area contributed by atoms with Gasteiger partial charge in [-0.15, -0.1) is 0 Å². The number of hydrogen-bond acceptors (Lipinski definition) is 5. The molecule has 31 heavy (non-hydrogen) atoms. The Bertz CT molecular complexity index is 958. The third-order valence-electron chi connectivity index (χ3n) is 4.40. The fraction of sp³-hybridized carbons (Fsp3) is 0.273. The van der Waals surface area contributed by atoms with Gasteiger partial charge in [-0.3, -0.25) is 9.59 Å². The zero-order chi connectivity index (χ0) is 23.0. The molecule has 166 valence electrons. The molecule has 0 unspecified atom stereocenters. The number of carbonyl (C=O) groups excluding carboxylic acids is 2. The molecule has 2 aromatic carbocycles. The van der Waals surface area contributed by atoms with Gasteiger partial charge in [0.25, 0.3) is 0 Å². The zero-order valence-electron chi connectivity index (χ0n) is 17.7. The van der Waals surface area contributed by atoms with Crippen molar-refractivity contribution in [1.29, 1.82) is 0 Å². The van der Waals surface area contributed by atoms with Crippen molar-refractivity contribution in [2.24, 2.45) is 0 Å². The average Bonchev–Trinajstić information content (AvgIpc) is 2.77. The van der Waals surface area contributed by atoms with Crippen LogP contribution in [0.3, 0.4) is 0 Å². The third kappa shape index (κ3) is 5.94. The number of ether oxygens (including phenoxy) is 3. The monoisotopic (exact) mass is 434 g/mol. The normalized spacial score (nSPS) is 10.6. The number of likely N-dealkylation sites (N-methyl/N-ethyl adjacent to an activating group) is 1. The van der Waals surface area contributed by atoms with Gasteiger partial charge in [0, 0.05) is 24.3 Å². The Hall–Kier alpha value is -3.62. The van der Waals surface area contributed by atoms with E-state index in [1.54, 1.807) is 19.1 Å². The Morgan fingerprint density at radius 2 is 1.58 bits per heavy atom. The molecule has 9 heteroatoms. The van der Waals surface area contributed by atoms with Crippen LogP contribution in [0.4, 0.5) is 14.5 Å². The molecule has 0 bridgehead atoms. The lowest BCUT2D eigenvalue weighted by Crippen LogP contribution is -2.37. The molecule has 2 aromatic rings. The summed E-state index contributed by atoms with van der Waals surface area (Å²) >= 11 is 0. The number of benzene rings is 2. The lowest BCUT2D eigenvalue weighted by atomic mass is 10.1. The summed E-state index contributed by atoms with van der Waals surface area (Å²) in [5.41, 5.74) is 0.00374. The van der Waals surface area contributed by atoms with Crippen LogP contribution in [-0.4, -0.2) is 51.1 Å². The van der Waals surface area contributed by atoms with E-state index in [9.17, 15) is 18.4 Å². The zero-order valence-corrected chi connectivity index (χ0v) is 17.7. The molecule has 7 nitrogen and oxygen atoms in total. The van der Waals surface area contributed by atoms with Crippen LogP contribution in [0.15, 0.2) is 36.4 Å². The minimum absolute atomic E-state index is 0.208. The number of rotatable bonds is 9. The summed E-state index contributed by atoms with van der Waals surface area (Å²) < 4.78 is 43.2. The van der Waals surface area contributed by atoms with Gasteiger partial charge in [-0.25, -0.2) is 8.78 Å². The van der Waals surface area contributed by atoms with Gasteiger partial charge in [-0.1, -0.05) is 6.07 Å². The van der Waals surface area contributed by atoms with Crippen molar-refractivity contribution in [2.45, 2.75) is 6.92 Å². The van der Waals surface area contributed by atoms with E-state index in [1.807, 2.05) is 0 Å². The van der Waals surface area contributed by atoms with Crippen molar-refractivity contribution in [3.8, 4) is 17.2 Å². The molecule has 0 radical (unpaired) electrons. The number of amides is 2. The van der Waals surface area contributed by atoms with Crippen LogP contribution >= 0.6 is 0 Å². The minimum Gasteiger partial charge on any atom is -0.496 e. The Morgan fingerprint density at radius 1 is 1.00 bits per heavy atom. The standard InChI is InChI=1S/C22H24F2N2O5/c1-5-26(13-20(27)25-22-15(23)7-6-8-16(22)24)21(28)10-9-14-11-18(30-3)19(31-4)12-17(14)29-2/h6-12H,5,13H2,1-4H3,(H,25,27)/b10-9+. The molecule has 0 atom stereocenters. The molecular formula is C22H24F2N2O5. The molecular weight excluding hydrogens is 410 g/mol. The summed E-state index contributed by atoms with van der Waals surface area (Å²) in [5, 5.41) is 2.16. The first-order valence-corrected chi connectivity index (χ1v) is 9.35. The van der Waals surface area contributed by atoms with Crippen LogP contribution in [0.1, 0.15) is 12.5 Å². The summed E-state index contributed by atoms with van der Waals surface area (Å²) in [4.78, 5) is 26.0. The lowest BCUT2D eigenvalue weighted by Gasteiger charge is -2.19. The highest BCUT2D eigenvalue weighted by molar-refractivity contribution is 5.98. The molecule has 0 saturated carbocycles. The number of methoxy groups -OCH3 is 3. The number of nitrogens with one attached hydrogen (secondary N) is 1. The van der Waals surface area contributed by atoms with Crippen LogP contribution in [-0.2, 0) is 9.59 Å². The highest BCUT2D eigenvalue weighted by atomic mass is 19.1. The van der Waals surface area contributed by atoms with E-state index in [4.69, 9.17) is 14.2 Å². The van der Waals surface area contributed by atoms with Gasteiger partial charge >= 0.3 is 0 Å². The molecule has 0 aliphatic heterocycles. The molecule has 0 heterocycles. The largest absolute Gasteiger partial charge is 0.496 e. The molecule has 2 amide bonds.